The minimum atomic E-state index is -3.74. The van der Waals surface area contributed by atoms with Crippen LogP contribution in [0.3, 0.4) is 0 Å². The molecule has 0 spiro atoms. The molecule has 1 aromatic heterocycles. The zero-order valence-electron chi connectivity index (χ0n) is 18.3. The monoisotopic (exact) mass is 482 g/mol. The highest BCUT2D eigenvalue weighted by Crippen LogP contribution is 2.33. The standard InChI is InChI=1S/C24H26N4O3S2/c1-17-15-20(7-8-22(17)33(30,31)26-24-25-11-14-32-24)28-13-10-21(23(28)29)27-12-9-19(16-27)18-5-3-2-4-6-18/h2-8,11,14-15,19,21H,9-10,12-13,16H2,1H3,(H,25,26). The van der Waals surface area contributed by atoms with Crippen LogP contribution in [-0.4, -0.2) is 49.9 Å². The Labute approximate surface area is 198 Å². The number of aromatic nitrogens is 1. The van der Waals surface area contributed by atoms with Crippen molar-refractivity contribution in [3.8, 4) is 0 Å². The molecule has 0 saturated carbocycles. The number of benzene rings is 2. The summed E-state index contributed by atoms with van der Waals surface area (Å²) in [6.45, 7) is 4.21. The number of sulfonamides is 1. The molecule has 1 N–H and O–H groups in total. The molecule has 172 valence electrons. The third-order valence-corrected chi connectivity index (χ3v) is 8.84. The lowest BCUT2D eigenvalue weighted by Gasteiger charge is -2.24. The van der Waals surface area contributed by atoms with Gasteiger partial charge in [0.25, 0.3) is 10.0 Å². The van der Waals surface area contributed by atoms with Crippen LogP contribution in [-0.2, 0) is 14.8 Å². The Hall–Kier alpha value is -2.75. The quantitative estimate of drug-likeness (QED) is 0.577. The molecule has 2 aliphatic rings. The predicted octanol–water partition coefficient (Wildman–Crippen LogP) is 3.85. The van der Waals surface area contributed by atoms with Crippen LogP contribution < -0.4 is 9.62 Å². The SMILES string of the molecule is Cc1cc(N2CCC(N3CCC(c4ccccc4)C3)C2=O)ccc1S(=O)(=O)Nc1nccs1. The van der Waals surface area contributed by atoms with E-state index in [4.69, 9.17) is 0 Å². The van der Waals surface area contributed by atoms with E-state index in [1.165, 1.54) is 16.9 Å². The lowest BCUT2D eigenvalue weighted by atomic mass is 9.99. The average molecular weight is 483 g/mol. The molecule has 0 radical (unpaired) electrons. The van der Waals surface area contributed by atoms with Crippen molar-refractivity contribution >= 4 is 38.1 Å². The summed E-state index contributed by atoms with van der Waals surface area (Å²) in [5.41, 5.74) is 2.67. The molecular formula is C24H26N4O3S2. The van der Waals surface area contributed by atoms with Gasteiger partial charge in [-0.3, -0.25) is 14.4 Å². The number of amides is 1. The Morgan fingerprint density at radius 1 is 1.09 bits per heavy atom. The molecule has 2 saturated heterocycles. The lowest BCUT2D eigenvalue weighted by molar-refractivity contribution is -0.121. The number of anilines is 2. The van der Waals surface area contributed by atoms with Crippen molar-refractivity contribution in [2.45, 2.75) is 36.6 Å². The fourth-order valence-corrected chi connectivity index (χ4v) is 6.89. The largest absolute Gasteiger partial charge is 0.311 e. The minimum absolute atomic E-state index is 0.0969. The van der Waals surface area contributed by atoms with Gasteiger partial charge in [-0.15, -0.1) is 11.3 Å². The van der Waals surface area contributed by atoms with Gasteiger partial charge in [0.2, 0.25) is 5.91 Å². The summed E-state index contributed by atoms with van der Waals surface area (Å²) in [5.74, 6) is 0.560. The van der Waals surface area contributed by atoms with Crippen molar-refractivity contribution < 1.29 is 13.2 Å². The predicted molar refractivity (Wildman–Crippen MR) is 130 cm³/mol. The van der Waals surface area contributed by atoms with Crippen molar-refractivity contribution in [2.24, 2.45) is 0 Å². The van der Waals surface area contributed by atoms with E-state index in [0.29, 0.717) is 23.2 Å². The van der Waals surface area contributed by atoms with Gasteiger partial charge < -0.3 is 4.90 Å². The van der Waals surface area contributed by atoms with E-state index in [2.05, 4.69) is 38.9 Å². The number of carbonyl (C=O) groups is 1. The summed E-state index contributed by atoms with van der Waals surface area (Å²) in [7, 11) is -3.74. The molecule has 2 unspecified atom stereocenters. The Morgan fingerprint density at radius 3 is 2.64 bits per heavy atom. The second-order valence-electron chi connectivity index (χ2n) is 8.58. The van der Waals surface area contributed by atoms with Crippen molar-refractivity contribution in [1.29, 1.82) is 0 Å². The molecule has 0 bridgehead atoms. The summed E-state index contributed by atoms with van der Waals surface area (Å²) < 4.78 is 28.0. The van der Waals surface area contributed by atoms with E-state index >= 15 is 0 Å². The van der Waals surface area contributed by atoms with E-state index in [9.17, 15) is 13.2 Å². The fraction of sp³-hybridized carbons (Fsp3) is 0.333. The number of thiazole rings is 1. The minimum Gasteiger partial charge on any atom is -0.311 e. The maximum absolute atomic E-state index is 13.3. The normalized spacial score (nSPS) is 21.6. The van der Waals surface area contributed by atoms with Crippen molar-refractivity contribution in [3.63, 3.8) is 0 Å². The van der Waals surface area contributed by atoms with Gasteiger partial charge in [0.05, 0.1) is 10.9 Å². The molecule has 7 nitrogen and oxygen atoms in total. The number of hydrogen-bond donors (Lipinski definition) is 1. The Bertz CT molecular complexity index is 1250. The molecule has 2 fully saturated rings. The van der Waals surface area contributed by atoms with Gasteiger partial charge in [-0.1, -0.05) is 30.3 Å². The van der Waals surface area contributed by atoms with E-state index in [0.717, 1.165) is 31.6 Å². The van der Waals surface area contributed by atoms with Crippen LogP contribution in [0.15, 0.2) is 65.0 Å². The van der Waals surface area contributed by atoms with E-state index in [1.807, 2.05) is 6.07 Å². The molecule has 9 heteroatoms. The smallest absolute Gasteiger partial charge is 0.263 e. The van der Waals surface area contributed by atoms with Crippen LogP contribution in [0, 0.1) is 6.92 Å². The molecule has 2 atom stereocenters. The van der Waals surface area contributed by atoms with E-state index in [1.54, 1.807) is 41.6 Å². The van der Waals surface area contributed by atoms with Crippen molar-refractivity contribution in [3.05, 3.63) is 71.2 Å². The third kappa shape index (κ3) is 4.40. The maximum Gasteiger partial charge on any atom is 0.263 e. The second kappa shape index (κ2) is 8.89. The average Bonchev–Trinajstić information content (AvgIpc) is 3.55. The molecule has 1 amide bonds. The van der Waals surface area contributed by atoms with Gasteiger partial charge in [-0.2, -0.15) is 0 Å². The zero-order valence-corrected chi connectivity index (χ0v) is 20.0. The molecule has 0 aliphatic carbocycles. The van der Waals surface area contributed by atoms with Gasteiger partial charge in [-0.05, 0) is 61.6 Å². The van der Waals surface area contributed by atoms with Gasteiger partial charge in [0.15, 0.2) is 5.13 Å². The number of carbonyl (C=O) groups excluding carboxylic acids is 1. The highest BCUT2D eigenvalue weighted by molar-refractivity contribution is 7.93. The Kier molecular flexibility index (Phi) is 5.94. The topological polar surface area (TPSA) is 82.6 Å². The van der Waals surface area contributed by atoms with Crippen LogP contribution in [0.5, 0.6) is 0 Å². The number of nitrogens with one attached hydrogen (secondary N) is 1. The van der Waals surface area contributed by atoms with Crippen LogP contribution in [0.2, 0.25) is 0 Å². The number of nitrogens with zero attached hydrogens (tertiary/aromatic N) is 3. The second-order valence-corrected chi connectivity index (χ2v) is 11.1. The molecule has 5 rings (SSSR count). The molecular weight excluding hydrogens is 456 g/mol. The Balaban J connectivity index is 1.29. The summed E-state index contributed by atoms with van der Waals surface area (Å²) >= 11 is 1.23. The van der Waals surface area contributed by atoms with Crippen LogP contribution in [0.25, 0.3) is 0 Å². The van der Waals surface area contributed by atoms with Gasteiger partial charge in [0, 0.05) is 30.4 Å². The summed E-state index contributed by atoms with van der Waals surface area (Å²) in [6, 6.07) is 15.5. The first-order valence-electron chi connectivity index (χ1n) is 11.1. The summed E-state index contributed by atoms with van der Waals surface area (Å²) in [6.07, 6.45) is 3.40. The van der Waals surface area contributed by atoms with E-state index in [-0.39, 0.29) is 16.8 Å². The van der Waals surface area contributed by atoms with Crippen LogP contribution >= 0.6 is 11.3 Å². The first-order chi connectivity index (χ1) is 15.9. The third-order valence-electron chi connectivity index (χ3n) is 6.52. The maximum atomic E-state index is 13.3. The highest BCUT2D eigenvalue weighted by atomic mass is 32.2. The van der Waals surface area contributed by atoms with Crippen LogP contribution in [0.4, 0.5) is 10.8 Å². The van der Waals surface area contributed by atoms with Gasteiger partial charge in [0.1, 0.15) is 0 Å². The molecule has 33 heavy (non-hydrogen) atoms. The van der Waals surface area contributed by atoms with Gasteiger partial charge >= 0.3 is 0 Å². The van der Waals surface area contributed by atoms with Crippen molar-refractivity contribution in [1.82, 2.24) is 9.88 Å². The first-order valence-corrected chi connectivity index (χ1v) is 13.4. The van der Waals surface area contributed by atoms with E-state index < -0.39 is 10.0 Å². The number of rotatable bonds is 6. The molecule has 2 aromatic carbocycles. The fourth-order valence-electron chi connectivity index (χ4n) is 4.87. The lowest BCUT2D eigenvalue weighted by Crippen LogP contribution is -2.40. The summed E-state index contributed by atoms with van der Waals surface area (Å²) in [4.78, 5) is 21.6. The Morgan fingerprint density at radius 2 is 1.91 bits per heavy atom. The summed E-state index contributed by atoms with van der Waals surface area (Å²) in [5, 5.41) is 2.04. The molecule has 2 aliphatic heterocycles. The molecule has 3 heterocycles. The van der Waals surface area contributed by atoms with Crippen LogP contribution in [0.1, 0.15) is 29.9 Å². The number of aryl methyl sites for hydroxylation is 1. The number of hydrogen-bond acceptors (Lipinski definition) is 6. The van der Waals surface area contributed by atoms with Crippen molar-refractivity contribution in [2.75, 3.05) is 29.3 Å². The zero-order chi connectivity index (χ0) is 23.0. The highest BCUT2D eigenvalue weighted by Gasteiger charge is 2.40. The number of likely N-dealkylation sites (tertiary alicyclic amines) is 1. The van der Waals surface area contributed by atoms with Gasteiger partial charge in [-0.25, -0.2) is 13.4 Å². The molecule has 3 aromatic rings. The first kappa shape index (κ1) is 22.1.